The van der Waals surface area contributed by atoms with Crippen LogP contribution in [0.4, 0.5) is 0 Å². The van der Waals surface area contributed by atoms with Crippen LogP contribution >= 0.6 is 0 Å². The second kappa shape index (κ2) is 38.5. The summed E-state index contributed by atoms with van der Waals surface area (Å²) in [5, 5.41) is 0. The first-order valence-corrected chi connectivity index (χ1v) is 22.2. The molecule has 0 amide bonds. The van der Waals surface area contributed by atoms with E-state index in [0.29, 0.717) is 0 Å². The quantitative estimate of drug-likeness (QED) is 0.0484. The van der Waals surface area contributed by atoms with Crippen LogP contribution in [-0.4, -0.2) is 0 Å². The molecule has 0 aliphatic heterocycles. The van der Waals surface area contributed by atoms with Gasteiger partial charge in [-0.15, -0.1) is 13.2 Å². The summed E-state index contributed by atoms with van der Waals surface area (Å²) in [5.41, 5.74) is 3.10. The molecule has 0 saturated heterocycles. The van der Waals surface area contributed by atoms with Crippen molar-refractivity contribution in [2.45, 2.75) is 244 Å². The van der Waals surface area contributed by atoms with Crippen molar-refractivity contribution >= 4 is 0 Å². The lowest BCUT2D eigenvalue weighted by Crippen LogP contribution is -1.90. The Balaban J connectivity index is 1.78. The SMILES string of the molecule is C=CCCCCCCCCCCCCCCCCCCCc1ccc(CCCCCCCCCCCCCCCCCCCC=C)cc1. The zero-order valence-corrected chi connectivity index (χ0v) is 32.7. The summed E-state index contributed by atoms with van der Waals surface area (Å²) in [5.74, 6) is 0. The van der Waals surface area contributed by atoms with Crippen molar-refractivity contribution < 1.29 is 0 Å². The fourth-order valence-electron chi connectivity index (χ4n) is 7.41. The molecule has 0 heteroatoms. The largest absolute Gasteiger partial charge is 0.103 e. The number of hydrogen-bond acceptors (Lipinski definition) is 0. The van der Waals surface area contributed by atoms with Crippen molar-refractivity contribution in [2.75, 3.05) is 0 Å². The normalized spacial score (nSPS) is 11.3. The molecule has 0 fully saturated rings. The molecule has 0 unspecified atom stereocenters. The van der Waals surface area contributed by atoms with Gasteiger partial charge in [-0.25, -0.2) is 0 Å². The molecule has 0 atom stereocenters. The van der Waals surface area contributed by atoms with Crippen molar-refractivity contribution in [2.24, 2.45) is 0 Å². The van der Waals surface area contributed by atoms with E-state index in [4.69, 9.17) is 0 Å². The van der Waals surface area contributed by atoms with Crippen LogP contribution in [0.2, 0.25) is 0 Å². The molecule has 0 aliphatic rings. The van der Waals surface area contributed by atoms with E-state index in [1.165, 1.54) is 244 Å². The van der Waals surface area contributed by atoms with E-state index in [1.54, 1.807) is 11.1 Å². The summed E-state index contributed by atoms with van der Waals surface area (Å²) in [6.07, 6.45) is 58.0. The van der Waals surface area contributed by atoms with E-state index in [-0.39, 0.29) is 0 Å². The molecular formula is C48H86. The van der Waals surface area contributed by atoms with Gasteiger partial charge in [0.05, 0.1) is 0 Å². The van der Waals surface area contributed by atoms with E-state index >= 15 is 0 Å². The lowest BCUT2D eigenvalue weighted by atomic mass is 10.0. The van der Waals surface area contributed by atoms with E-state index in [2.05, 4.69) is 49.6 Å². The Morgan fingerprint density at radius 1 is 0.250 bits per heavy atom. The number of allylic oxidation sites excluding steroid dienone is 2. The number of rotatable bonds is 40. The molecule has 0 bridgehead atoms. The van der Waals surface area contributed by atoms with Crippen LogP contribution in [-0.2, 0) is 12.8 Å². The van der Waals surface area contributed by atoms with Gasteiger partial charge in [-0.1, -0.05) is 229 Å². The Morgan fingerprint density at radius 3 is 0.604 bits per heavy atom. The molecule has 0 heterocycles. The fraction of sp³-hybridized carbons (Fsp3) is 0.792. The highest BCUT2D eigenvalue weighted by Crippen LogP contribution is 2.18. The number of aryl methyl sites for hydroxylation is 2. The molecule has 0 spiro atoms. The van der Waals surface area contributed by atoms with Crippen molar-refractivity contribution in [3.63, 3.8) is 0 Å². The van der Waals surface area contributed by atoms with Crippen molar-refractivity contribution in [3.8, 4) is 0 Å². The minimum Gasteiger partial charge on any atom is -0.103 e. The van der Waals surface area contributed by atoms with E-state index in [1.807, 2.05) is 0 Å². The highest BCUT2D eigenvalue weighted by molar-refractivity contribution is 5.22. The molecule has 0 nitrogen and oxygen atoms in total. The second-order valence-corrected chi connectivity index (χ2v) is 15.5. The zero-order chi connectivity index (χ0) is 34.3. The van der Waals surface area contributed by atoms with Gasteiger partial charge in [0.25, 0.3) is 0 Å². The molecule has 0 aromatic heterocycles. The Labute approximate surface area is 303 Å². The highest BCUT2D eigenvalue weighted by Gasteiger charge is 2.00. The van der Waals surface area contributed by atoms with Crippen LogP contribution in [0.5, 0.6) is 0 Å². The van der Waals surface area contributed by atoms with Gasteiger partial charge in [0.15, 0.2) is 0 Å². The van der Waals surface area contributed by atoms with Crippen LogP contribution in [0.3, 0.4) is 0 Å². The Morgan fingerprint density at radius 2 is 0.417 bits per heavy atom. The van der Waals surface area contributed by atoms with Crippen LogP contribution in [0.25, 0.3) is 0 Å². The zero-order valence-electron chi connectivity index (χ0n) is 32.7. The van der Waals surface area contributed by atoms with Gasteiger partial charge < -0.3 is 0 Å². The third-order valence-corrected chi connectivity index (χ3v) is 10.8. The fourth-order valence-corrected chi connectivity index (χ4v) is 7.41. The topological polar surface area (TPSA) is 0 Å². The first-order chi connectivity index (χ1) is 23.9. The maximum Gasteiger partial charge on any atom is -0.0279 e. The van der Waals surface area contributed by atoms with Crippen LogP contribution in [0, 0.1) is 0 Å². The Bertz CT molecular complexity index is 692. The highest BCUT2D eigenvalue weighted by atomic mass is 14.1. The molecule has 1 rings (SSSR count). The average Bonchev–Trinajstić information content (AvgIpc) is 3.11. The van der Waals surface area contributed by atoms with Gasteiger partial charge in [-0.2, -0.15) is 0 Å². The van der Waals surface area contributed by atoms with E-state index in [9.17, 15) is 0 Å². The monoisotopic (exact) mass is 663 g/mol. The lowest BCUT2D eigenvalue weighted by Gasteiger charge is -2.06. The molecule has 0 saturated carbocycles. The maximum atomic E-state index is 3.81. The van der Waals surface area contributed by atoms with Crippen molar-refractivity contribution in [3.05, 3.63) is 60.7 Å². The van der Waals surface area contributed by atoms with Crippen LogP contribution in [0.1, 0.15) is 242 Å². The summed E-state index contributed by atoms with van der Waals surface area (Å²) in [4.78, 5) is 0. The molecule has 48 heavy (non-hydrogen) atoms. The standard InChI is InChI=1S/C48H86/c1-3-5-7-9-11-13-15-17-19-21-23-25-27-29-31-33-35-37-39-41-47-43-45-48(46-44-47)42-40-38-36-34-32-30-28-26-24-22-20-18-16-14-12-10-8-6-4-2/h3-4,43-46H,1-2,5-42H2. The average molecular weight is 663 g/mol. The van der Waals surface area contributed by atoms with E-state index in [0.717, 1.165) is 0 Å². The van der Waals surface area contributed by atoms with Crippen LogP contribution < -0.4 is 0 Å². The van der Waals surface area contributed by atoms with Gasteiger partial charge in [-0.3, -0.25) is 0 Å². The minimum atomic E-state index is 1.20. The molecular weight excluding hydrogens is 577 g/mol. The van der Waals surface area contributed by atoms with Crippen molar-refractivity contribution in [1.82, 2.24) is 0 Å². The van der Waals surface area contributed by atoms with Gasteiger partial charge in [-0.05, 0) is 62.5 Å². The van der Waals surface area contributed by atoms with Gasteiger partial charge in [0.2, 0.25) is 0 Å². The maximum absolute atomic E-state index is 3.81. The minimum absolute atomic E-state index is 1.20. The summed E-state index contributed by atoms with van der Waals surface area (Å²) in [6, 6.07) is 9.64. The summed E-state index contributed by atoms with van der Waals surface area (Å²) in [7, 11) is 0. The predicted molar refractivity (Wildman–Crippen MR) is 220 cm³/mol. The number of unbranched alkanes of at least 4 members (excludes halogenated alkanes) is 34. The number of hydrogen-bond donors (Lipinski definition) is 0. The van der Waals surface area contributed by atoms with Gasteiger partial charge in [0.1, 0.15) is 0 Å². The van der Waals surface area contributed by atoms with Crippen molar-refractivity contribution in [1.29, 1.82) is 0 Å². The number of benzene rings is 1. The molecule has 0 aliphatic carbocycles. The van der Waals surface area contributed by atoms with Gasteiger partial charge in [0, 0.05) is 0 Å². The molecule has 0 N–H and O–H groups in total. The molecule has 1 aromatic carbocycles. The van der Waals surface area contributed by atoms with Gasteiger partial charge >= 0.3 is 0 Å². The third-order valence-electron chi connectivity index (χ3n) is 10.8. The Kier molecular flexibility index (Phi) is 35.9. The molecule has 0 radical (unpaired) electrons. The second-order valence-electron chi connectivity index (χ2n) is 15.5. The smallest absolute Gasteiger partial charge is 0.0279 e. The summed E-state index contributed by atoms with van der Waals surface area (Å²) >= 11 is 0. The van der Waals surface area contributed by atoms with Crippen LogP contribution in [0.15, 0.2) is 49.6 Å². The molecule has 278 valence electrons. The third kappa shape index (κ3) is 33.2. The Hall–Kier alpha value is -1.30. The van der Waals surface area contributed by atoms with E-state index < -0.39 is 0 Å². The molecule has 1 aromatic rings. The summed E-state index contributed by atoms with van der Waals surface area (Å²) < 4.78 is 0. The first-order valence-electron chi connectivity index (χ1n) is 22.2. The predicted octanol–water partition coefficient (Wildman–Crippen LogP) is 17.2. The first kappa shape index (κ1) is 44.7. The lowest BCUT2D eigenvalue weighted by molar-refractivity contribution is 0.526. The summed E-state index contributed by atoms with van der Waals surface area (Å²) in [6.45, 7) is 7.62.